The average Bonchev–Trinajstić information content (AvgIpc) is 3.31. The summed E-state index contributed by atoms with van der Waals surface area (Å²) in [5, 5.41) is 0. The SMILES string of the molecule is COc1cc(OC)c(C(CN)N(C)C2CC2)cc1OC. The van der Waals surface area contributed by atoms with Crippen molar-refractivity contribution in [2.45, 2.75) is 24.9 Å². The first kappa shape index (κ1) is 14.9. The minimum absolute atomic E-state index is 0.122. The van der Waals surface area contributed by atoms with Crippen LogP contribution in [0.3, 0.4) is 0 Å². The van der Waals surface area contributed by atoms with E-state index in [4.69, 9.17) is 19.9 Å². The molecule has 1 aromatic rings. The summed E-state index contributed by atoms with van der Waals surface area (Å²) in [7, 11) is 7.03. The predicted molar refractivity (Wildman–Crippen MR) is 78.7 cm³/mol. The van der Waals surface area contributed by atoms with Gasteiger partial charge >= 0.3 is 0 Å². The zero-order valence-corrected chi connectivity index (χ0v) is 12.7. The highest BCUT2D eigenvalue weighted by molar-refractivity contribution is 5.52. The molecule has 0 heterocycles. The maximum Gasteiger partial charge on any atom is 0.164 e. The molecule has 1 fully saturated rings. The minimum atomic E-state index is 0.122. The maximum absolute atomic E-state index is 5.99. The zero-order valence-electron chi connectivity index (χ0n) is 12.7. The largest absolute Gasteiger partial charge is 0.496 e. The van der Waals surface area contributed by atoms with E-state index < -0.39 is 0 Å². The molecule has 0 saturated heterocycles. The number of methoxy groups -OCH3 is 3. The van der Waals surface area contributed by atoms with Gasteiger partial charge in [-0.25, -0.2) is 0 Å². The van der Waals surface area contributed by atoms with Gasteiger partial charge in [0.1, 0.15) is 5.75 Å². The van der Waals surface area contributed by atoms with Crippen LogP contribution in [0.5, 0.6) is 17.2 Å². The van der Waals surface area contributed by atoms with Crippen molar-refractivity contribution in [1.82, 2.24) is 4.90 Å². The normalized spacial score (nSPS) is 16.1. The van der Waals surface area contributed by atoms with E-state index in [0.717, 1.165) is 11.3 Å². The number of nitrogens with zero attached hydrogens (tertiary/aromatic N) is 1. The summed E-state index contributed by atoms with van der Waals surface area (Å²) in [6.45, 7) is 0.541. The van der Waals surface area contributed by atoms with Gasteiger partial charge in [0.2, 0.25) is 0 Å². The molecule has 0 spiro atoms. The van der Waals surface area contributed by atoms with E-state index in [1.165, 1.54) is 12.8 Å². The average molecular weight is 280 g/mol. The van der Waals surface area contributed by atoms with Crippen molar-refractivity contribution in [2.75, 3.05) is 34.9 Å². The first-order chi connectivity index (χ1) is 9.65. The Balaban J connectivity index is 2.41. The lowest BCUT2D eigenvalue weighted by molar-refractivity contribution is 0.233. The molecule has 0 aromatic heterocycles. The molecule has 0 bridgehead atoms. The molecular weight excluding hydrogens is 256 g/mol. The van der Waals surface area contributed by atoms with Gasteiger partial charge in [-0.1, -0.05) is 0 Å². The van der Waals surface area contributed by atoms with Crippen molar-refractivity contribution < 1.29 is 14.2 Å². The molecule has 1 aliphatic carbocycles. The first-order valence-electron chi connectivity index (χ1n) is 6.88. The molecule has 5 nitrogen and oxygen atoms in total. The van der Waals surface area contributed by atoms with Crippen molar-refractivity contribution in [3.05, 3.63) is 17.7 Å². The Bertz CT molecular complexity index is 461. The van der Waals surface area contributed by atoms with Gasteiger partial charge in [0.15, 0.2) is 11.5 Å². The van der Waals surface area contributed by atoms with Gasteiger partial charge in [-0.15, -0.1) is 0 Å². The van der Waals surface area contributed by atoms with Gasteiger partial charge in [-0.3, -0.25) is 4.90 Å². The van der Waals surface area contributed by atoms with Crippen LogP contribution >= 0.6 is 0 Å². The van der Waals surface area contributed by atoms with Crippen molar-refractivity contribution in [1.29, 1.82) is 0 Å². The fraction of sp³-hybridized carbons (Fsp3) is 0.600. The molecule has 1 aliphatic rings. The van der Waals surface area contributed by atoms with E-state index >= 15 is 0 Å². The monoisotopic (exact) mass is 280 g/mol. The summed E-state index contributed by atoms with van der Waals surface area (Å²) in [6, 6.07) is 4.57. The van der Waals surface area contributed by atoms with Crippen molar-refractivity contribution in [2.24, 2.45) is 5.73 Å². The number of benzene rings is 1. The number of ether oxygens (including phenoxy) is 3. The van der Waals surface area contributed by atoms with Gasteiger partial charge < -0.3 is 19.9 Å². The van der Waals surface area contributed by atoms with E-state index in [9.17, 15) is 0 Å². The van der Waals surface area contributed by atoms with Crippen LogP contribution in [0.2, 0.25) is 0 Å². The quantitative estimate of drug-likeness (QED) is 0.825. The molecule has 2 N–H and O–H groups in total. The fourth-order valence-electron chi connectivity index (χ4n) is 2.56. The summed E-state index contributed by atoms with van der Waals surface area (Å²) in [5.41, 5.74) is 7.03. The Kier molecular flexibility index (Phi) is 4.73. The topological polar surface area (TPSA) is 57.0 Å². The highest BCUT2D eigenvalue weighted by Crippen LogP contribution is 2.41. The van der Waals surface area contributed by atoms with E-state index in [-0.39, 0.29) is 6.04 Å². The van der Waals surface area contributed by atoms with E-state index in [1.807, 2.05) is 12.1 Å². The first-order valence-corrected chi connectivity index (χ1v) is 6.88. The highest BCUT2D eigenvalue weighted by atomic mass is 16.5. The van der Waals surface area contributed by atoms with Crippen molar-refractivity contribution in [3.63, 3.8) is 0 Å². The van der Waals surface area contributed by atoms with E-state index in [1.54, 1.807) is 21.3 Å². The van der Waals surface area contributed by atoms with Crippen LogP contribution in [0, 0.1) is 0 Å². The molecule has 2 rings (SSSR count). The molecule has 20 heavy (non-hydrogen) atoms. The lowest BCUT2D eigenvalue weighted by atomic mass is 10.0. The van der Waals surface area contributed by atoms with Gasteiger partial charge in [0, 0.05) is 24.2 Å². The Morgan fingerprint density at radius 2 is 1.65 bits per heavy atom. The summed E-state index contributed by atoms with van der Waals surface area (Å²) >= 11 is 0. The molecule has 0 aliphatic heterocycles. The Morgan fingerprint density at radius 1 is 1.10 bits per heavy atom. The molecule has 5 heteroatoms. The summed E-state index contributed by atoms with van der Waals surface area (Å²) in [6.07, 6.45) is 2.48. The Morgan fingerprint density at radius 3 is 2.10 bits per heavy atom. The van der Waals surface area contributed by atoms with Crippen LogP contribution < -0.4 is 19.9 Å². The molecule has 1 aromatic carbocycles. The lowest BCUT2D eigenvalue weighted by Crippen LogP contribution is -2.32. The van der Waals surface area contributed by atoms with Crippen LogP contribution in [0.4, 0.5) is 0 Å². The van der Waals surface area contributed by atoms with E-state index in [0.29, 0.717) is 24.1 Å². The van der Waals surface area contributed by atoms with Gasteiger partial charge in [-0.2, -0.15) is 0 Å². The maximum atomic E-state index is 5.99. The smallest absolute Gasteiger partial charge is 0.164 e. The van der Waals surface area contributed by atoms with Gasteiger partial charge in [0.05, 0.1) is 27.4 Å². The molecule has 0 radical (unpaired) electrons. The standard InChI is InChI=1S/C15H24N2O3/c1-17(10-5-6-10)12(9-16)11-7-14(19-3)15(20-4)8-13(11)18-2/h7-8,10,12H,5-6,9,16H2,1-4H3. The van der Waals surface area contributed by atoms with Crippen molar-refractivity contribution in [3.8, 4) is 17.2 Å². The van der Waals surface area contributed by atoms with E-state index in [2.05, 4.69) is 11.9 Å². The summed E-state index contributed by atoms with van der Waals surface area (Å²) in [5.74, 6) is 2.15. The van der Waals surface area contributed by atoms with Crippen LogP contribution in [0.25, 0.3) is 0 Å². The van der Waals surface area contributed by atoms with Gasteiger partial charge in [0.25, 0.3) is 0 Å². The minimum Gasteiger partial charge on any atom is -0.496 e. The zero-order chi connectivity index (χ0) is 14.7. The molecule has 1 unspecified atom stereocenters. The predicted octanol–water partition coefficient (Wildman–Crippen LogP) is 1.81. The second kappa shape index (κ2) is 6.33. The van der Waals surface area contributed by atoms with Crippen LogP contribution in [0.15, 0.2) is 12.1 Å². The molecule has 112 valence electrons. The van der Waals surface area contributed by atoms with Crippen molar-refractivity contribution >= 4 is 0 Å². The third kappa shape index (κ3) is 2.83. The van der Waals surface area contributed by atoms with Crippen LogP contribution in [-0.4, -0.2) is 45.9 Å². The Hall–Kier alpha value is -1.46. The molecule has 1 saturated carbocycles. The summed E-state index contributed by atoms with van der Waals surface area (Å²) in [4.78, 5) is 2.32. The molecule has 1 atom stereocenters. The summed E-state index contributed by atoms with van der Waals surface area (Å²) < 4.78 is 16.2. The third-order valence-electron chi connectivity index (χ3n) is 3.93. The second-order valence-corrected chi connectivity index (χ2v) is 5.10. The Labute approximate surface area is 120 Å². The number of nitrogens with two attached hydrogens (primary N) is 1. The van der Waals surface area contributed by atoms with Crippen LogP contribution in [0.1, 0.15) is 24.4 Å². The number of hydrogen-bond acceptors (Lipinski definition) is 5. The molecular formula is C15H24N2O3. The second-order valence-electron chi connectivity index (χ2n) is 5.10. The lowest BCUT2D eigenvalue weighted by Gasteiger charge is -2.29. The third-order valence-corrected chi connectivity index (χ3v) is 3.93. The van der Waals surface area contributed by atoms with Gasteiger partial charge in [-0.05, 0) is 26.0 Å². The highest BCUT2D eigenvalue weighted by Gasteiger charge is 2.33. The van der Waals surface area contributed by atoms with Crippen LogP contribution in [-0.2, 0) is 0 Å². The fourth-order valence-corrected chi connectivity index (χ4v) is 2.56. The number of rotatable bonds is 7. The number of likely N-dealkylation sites (N-methyl/N-ethyl adjacent to an activating group) is 1. The molecule has 0 amide bonds. The number of hydrogen-bond donors (Lipinski definition) is 1.